The third-order valence-corrected chi connectivity index (χ3v) is 2.14. The van der Waals surface area contributed by atoms with Crippen LogP contribution in [0, 0.1) is 6.92 Å². The summed E-state index contributed by atoms with van der Waals surface area (Å²) in [6.07, 6.45) is 6.36. The van der Waals surface area contributed by atoms with E-state index in [1.54, 1.807) is 12.2 Å². The monoisotopic (exact) mass is 294 g/mol. The van der Waals surface area contributed by atoms with E-state index in [0.717, 1.165) is 0 Å². The smallest absolute Gasteiger partial charge is 0.0263 e. The molecular formula is C22H30. The molecular weight excluding hydrogens is 264 g/mol. The van der Waals surface area contributed by atoms with Gasteiger partial charge in [0.1, 0.15) is 0 Å². The molecule has 0 spiro atoms. The lowest BCUT2D eigenvalue weighted by Crippen LogP contribution is -1.63. The molecule has 2 aromatic rings. The van der Waals surface area contributed by atoms with Crippen LogP contribution < -0.4 is 0 Å². The maximum atomic E-state index is 3.63. The van der Waals surface area contributed by atoms with Crippen molar-refractivity contribution in [3.8, 4) is 0 Å². The van der Waals surface area contributed by atoms with E-state index in [4.69, 9.17) is 0 Å². The van der Waals surface area contributed by atoms with Crippen molar-refractivity contribution in [3.05, 3.63) is 104 Å². The highest BCUT2D eigenvalue weighted by Crippen LogP contribution is 1.97. The van der Waals surface area contributed by atoms with Gasteiger partial charge in [-0.05, 0) is 12.5 Å². The van der Waals surface area contributed by atoms with Crippen LogP contribution in [0.15, 0.2) is 92.6 Å². The number of allylic oxidation sites excluding steroid dienone is 2. The minimum atomic E-state index is 1.17. The van der Waals surface area contributed by atoms with Gasteiger partial charge in [0.25, 0.3) is 0 Å². The van der Waals surface area contributed by atoms with E-state index in [2.05, 4.69) is 52.6 Å². The van der Waals surface area contributed by atoms with Gasteiger partial charge in [0.05, 0.1) is 0 Å². The van der Waals surface area contributed by atoms with Crippen LogP contribution in [-0.4, -0.2) is 0 Å². The molecule has 0 atom stereocenters. The molecule has 0 heterocycles. The topological polar surface area (TPSA) is 0 Å². The van der Waals surface area contributed by atoms with Crippen LogP contribution >= 0.6 is 0 Å². The van der Waals surface area contributed by atoms with Gasteiger partial charge < -0.3 is 0 Å². The van der Waals surface area contributed by atoms with Gasteiger partial charge in [0.2, 0.25) is 0 Å². The Bertz CT molecular complexity index is 460. The molecule has 0 bridgehead atoms. The number of hydrogen-bond acceptors (Lipinski definition) is 0. The second-order valence-electron chi connectivity index (χ2n) is 4.45. The van der Waals surface area contributed by atoms with Gasteiger partial charge in [-0.25, -0.2) is 0 Å². The van der Waals surface area contributed by atoms with Gasteiger partial charge in [-0.1, -0.05) is 124 Å². The summed E-state index contributed by atoms with van der Waals surface area (Å²) in [4.78, 5) is 0. The van der Waals surface area contributed by atoms with E-state index in [9.17, 15) is 0 Å². The molecule has 0 aliphatic carbocycles. The second-order valence-corrected chi connectivity index (χ2v) is 4.45. The molecule has 0 amide bonds. The molecule has 0 aromatic heterocycles. The highest BCUT2D eigenvalue weighted by molar-refractivity contribution is 5.45. The standard InChI is InChI=1S/C8H8.C7H8.C4H6.C3H8/c1-2-8-6-4-3-5-7-8;1-7-5-3-2-4-6-7;1-3-4-2;1-3-2/h2-7H,1H2;2-6H,1H3;3-4H,1-2H2;3H2,1-2H3. The van der Waals surface area contributed by atoms with E-state index >= 15 is 0 Å². The maximum absolute atomic E-state index is 3.63. The molecule has 0 radical (unpaired) electrons. The Labute approximate surface area is 137 Å². The Morgan fingerprint density at radius 2 is 1.09 bits per heavy atom. The van der Waals surface area contributed by atoms with Crippen LogP contribution in [-0.2, 0) is 0 Å². The average molecular weight is 294 g/mol. The molecule has 118 valence electrons. The van der Waals surface area contributed by atoms with Crippen LogP contribution in [0.25, 0.3) is 6.08 Å². The van der Waals surface area contributed by atoms with Gasteiger partial charge in [0.15, 0.2) is 0 Å². The third kappa shape index (κ3) is 17.7. The minimum absolute atomic E-state index is 1.17. The molecule has 0 saturated carbocycles. The van der Waals surface area contributed by atoms with Crippen molar-refractivity contribution in [1.29, 1.82) is 0 Å². The maximum Gasteiger partial charge on any atom is -0.0263 e. The lowest BCUT2D eigenvalue weighted by atomic mass is 10.2. The van der Waals surface area contributed by atoms with Crippen LogP contribution in [0.4, 0.5) is 0 Å². The van der Waals surface area contributed by atoms with Crippen LogP contribution in [0.3, 0.4) is 0 Å². The van der Waals surface area contributed by atoms with E-state index < -0.39 is 0 Å². The molecule has 0 fully saturated rings. The molecule has 2 aromatic carbocycles. The van der Waals surface area contributed by atoms with Crippen molar-refractivity contribution in [2.75, 3.05) is 0 Å². The van der Waals surface area contributed by atoms with Crippen LogP contribution in [0.1, 0.15) is 31.4 Å². The first-order valence-corrected chi connectivity index (χ1v) is 7.58. The Kier molecular flexibility index (Phi) is 18.6. The summed E-state index contributed by atoms with van der Waals surface area (Å²) in [7, 11) is 0. The van der Waals surface area contributed by atoms with E-state index in [1.807, 2.05) is 54.6 Å². The molecule has 2 rings (SSSR count). The third-order valence-electron chi connectivity index (χ3n) is 2.14. The Morgan fingerprint density at radius 3 is 1.27 bits per heavy atom. The molecule has 0 aliphatic heterocycles. The Hall–Kier alpha value is -2.34. The second kappa shape index (κ2) is 18.7. The van der Waals surface area contributed by atoms with Gasteiger partial charge in [-0.2, -0.15) is 0 Å². The van der Waals surface area contributed by atoms with Crippen molar-refractivity contribution >= 4 is 6.08 Å². The molecule has 0 saturated heterocycles. The first-order valence-electron chi connectivity index (χ1n) is 7.58. The van der Waals surface area contributed by atoms with Gasteiger partial charge in [-0.3, -0.25) is 0 Å². The fourth-order valence-corrected chi connectivity index (χ4v) is 1.12. The zero-order valence-electron chi connectivity index (χ0n) is 14.3. The van der Waals surface area contributed by atoms with E-state index in [0.29, 0.717) is 0 Å². The predicted molar refractivity (Wildman–Crippen MR) is 104 cm³/mol. The Morgan fingerprint density at radius 1 is 0.727 bits per heavy atom. The summed E-state index contributed by atoms with van der Waals surface area (Å²) in [5.41, 5.74) is 2.50. The lowest BCUT2D eigenvalue weighted by molar-refractivity contribution is 1.09. The summed E-state index contributed by atoms with van der Waals surface area (Å²) in [6.45, 7) is 16.7. The van der Waals surface area contributed by atoms with Crippen molar-refractivity contribution in [2.24, 2.45) is 0 Å². The molecule has 0 heteroatoms. The number of benzene rings is 2. The van der Waals surface area contributed by atoms with Gasteiger partial charge in [-0.15, -0.1) is 0 Å². The molecule has 0 N–H and O–H groups in total. The van der Waals surface area contributed by atoms with Gasteiger partial charge >= 0.3 is 0 Å². The van der Waals surface area contributed by atoms with Crippen LogP contribution in [0.5, 0.6) is 0 Å². The highest BCUT2D eigenvalue weighted by Gasteiger charge is 1.75. The highest BCUT2D eigenvalue weighted by atomic mass is 13.8. The van der Waals surface area contributed by atoms with Gasteiger partial charge in [0, 0.05) is 0 Å². The average Bonchev–Trinajstić information content (AvgIpc) is 2.58. The fourth-order valence-electron chi connectivity index (χ4n) is 1.12. The number of hydrogen-bond donors (Lipinski definition) is 0. The Balaban J connectivity index is 0. The van der Waals surface area contributed by atoms with Crippen molar-refractivity contribution < 1.29 is 0 Å². The van der Waals surface area contributed by atoms with Crippen LogP contribution in [0.2, 0.25) is 0 Å². The largest absolute Gasteiger partial charge is 0.0991 e. The first-order chi connectivity index (χ1) is 10.7. The van der Waals surface area contributed by atoms with Crippen molar-refractivity contribution in [1.82, 2.24) is 0 Å². The SMILES string of the molecule is C=CC=C.C=Cc1ccccc1.CCC.Cc1ccccc1. The summed E-state index contributed by atoms with van der Waals surface area (Å²) < 4.78 is 0. The molecule has 0 unspecified atom stereocenters. The normalized spacial score (nSPS) is 7.59. The van der Waals surface area contributed by atoms with E-state index in [1.165, 1.54) is 17.5 Å². The fraction of sp³-hybridized carbons (Fsp3) is 0.182. The van der Waals surface area contributed by atoms with E-state index in [-0.39, 0.29) is 0 Å². The quantitative estimate of drug-likeness (QED) is 0.518. The summed E-state index contributed by atoms with van der Waals surface area (Å²) in [5, 5.41) is 0. The number of rotatable bonds is 2. The minimum Gasteiger partial charge on any atom is -0.0991 e. The lowest BCUT2D eigenvalue weighted by Gasteiger charge is -1.85. The predicted octanol–water partition coefficient (Wildman–Crippen LogP) is 7.10. The molecule has 22 heavy (non-hydrogen) atoms. The zero-order valence-corrected chi connectivity index (χ0v) is 14.3. The number of aryl methyl sites for hydroxylation is 1. The molecule has 0 nitrogen and oxygen atoms in total. The molecule has 0 aliphatic rings. The first kappa shape index (κ1) is 21.9. The van der Waals surface area contributed by atoms with Crippen molar-refractivity contribution in [2.45, 2.75) is 27.2 Å². The summed E-state index contributed by atoms with van der Waals surface area (Å²) >= 11 is 0. The summed E-state index contributed by atoms with van der Waals surface area (Å²) in [5.74, 6) is 0. The summed E-state index contributed by atoms with van der Waals surface area (Å²) in [6, 6.07) is 20.3. The zero-order chi connectivity index (χ0) is 17.1. The van der Waals surface area contributed by atoms with Crippen molar-refractivity contribution in [3.63, 3.8) is 0 Å².